The van der Waals surface area contributed by atoms with E-state index in [0.717, 1.165) is 5.56 Å². The lowest BCUT2D eigenvalue weighted by Crippen LogP contribution is -1.88. The van der Waals surface area contributed by atoms with Crippen LogP contribution in [0.4, 0.5) is 5.69 Å². The summed E-state index contributed by atoms with van der Waals surface area (Å²) in [6, 6.07) is 5.44. The Morgan fingerprint density at radius 2 is 2.25 bits per heavy atom. The number of benzene rings is 1. The molecule has 1 nitrogen and oxygen atoms in total. The zero-order valence-electron chi connectivity index (χ0n) is 6.50. The fourth-order valence-electron chi connectivity index (χ4n) is 0.877. The molecule has 3 heteroatoms. The van der Waals surface area contributed by atoms with E-state index >= 15 is 0 Å². The summed E-state index contributed by atoms with van der Waals surface area (Å²) in [5.41, 5.74) is 7.38. The zero-order chi connectivity index (χ0) is 8.97. The van der Waals surface area contributed by atoms with E-state index in [9.17, 15) is 0 Å². The molecule has 64 valence electrons. The first-order valence-corrected chi connectivity index (χ1v) is 4.57. The molecule has 0 aliphatic rings. The van der Waals surface area contributed by atoms with Crippen LogP contribution in [0.5, 0.6) is 0 Å². The Balaban J connectivity index is 2.94. The van der Waals surface area contributed by atoms with Crippen molar-refractivity contribution in [3.63, 3.8) is 0 Å². The highest BCUT2D eigenvalue weighted by Crippen LogP contribution is 2.18. The van der Waals surface area contributed by atoms with E-state index < -0.39 is 0 Å². The maximum absolute atomic E-state index is 5.73. The molecule has 0 atom stereocenters. The van der Waals surface area contributed by atoms with Gasteiger partial charge in [0.2, 0.25) is 0 Å². The summed E-state index contributed by atoms with van der Waals surface area (Å²) in [5, 5.41) is 0.663. The monoisotopic (exact) mass is 199 g/mol. The van der Waals surface area contributed by atoms with Gasteiger partial charge in [-0.2, -0.15) is 12.6 Å². The average Bonchev–Trinajstić information content (AvgIpc) is 2.03. The van der Waals surface area contributed by atoms with Crippen molar-refractivity contribution in [2.75, 3.05) is 11.5 Å². The van der Waals surface area contributed by atoms with E-state index in [-0.39, 0.29) is 0 Å². The number of nitrogens with two attached hydrogens (primary N) is 1. The van der Waals surface area contributed by atoms with E-state index in [2.05, 4.69) is 12.6 Å². The summed E-state index contributed by atoms with van der Waals surface area (Å²) in [4.78, 5) is 0. The van der Waals surface area contributed by atoms with Crippen molar-refractivity contribution in [2.45, 2.75) is 0 Å². The molecule has 0 bridgehead atoms. The Labute approximate surface area is 82.6 Å². The molecule has 2 N–H and O–H groups in total. The largest absolute Gasteiger partial charge is 0.398 e. The van der Waals surface area contributed by atoms with Gasteiger partial charge in [-0.05, 0) is 17.7 Å². The normalized spacial score (nSPS) is 10.8. The molecule has 0 radical (unpaired) electrons. The highest BCUT2D eigenvalue weighted by atomic mass is 35.5. The second-order valence-electron chi connectivity index (χ2n) is 2.36. The van der Waals surface area contributed by atoms with Crippen molar-refractivity contribution in [3.8, 4) is 0 Å². The number of hydrogen-bond acceptors (Lipinski definition) is 2. The van der Waals surface area contributed by atoms with Crippen molar-refractivity contribution in [1.29, 1.82) is 0 Å². The lowest BCUT2D eigenvalue weighted by molar-refractivity contribution is 1.63. The van der Waals surface area contributed by atoms with Crippen molar-refractivity contribution in [3.05, 3.63) is 34.9 Å². The van der Waals surface area contributed by atoms with Crippen LogP contribution in [0.15, 0.2) is 24.3 Å². The molecule has 0 amide bonds. The smallest absolute Gasteiger partial charge is 0.0426 e. The Morgan fingerprint density at radius 3 is 2.83 bits per heavy atom. The van der Waals surface area contributed by atoms with Gasteiger partial charge in [0.15, 0.2) is 0 Å². The minimum Gasteiger partial charge on any atom is -0.398 e. The highest BCUT2D eigenvalue weighted by molar-refractivity contribution is 7.80. The van der Waals surface area contributed by atoms with Gasteiger partial charge in [-0.1, -0.05) is 29.8 Å². The van der Waals surface area contributed by atoms with Gasteiger partial charge in [0.1, 0.15) is 0 Å². The molecular weight excluding hydrogens is 190 g/mol. The van der Waals surface area contributed by atoms with E-state index in [1.54, 1.807) is 6.07 Å². The standard InChI is InChI=1S/C9H10ClNS/c10-8-4-3-7(2-1-5-12)9(11)6-8/h1-4,6,12H,5,11H2. The number of rotatable bonds is 2. The van der Waals surface area contributed by atoms with E-state index in [1.807, 2.05) is 24.3 Å². The van der Waals surface area contributed by atoms with E-state index in [4.69, 9.17) is 17.3 Å². The van der Waals surface area contributed by atoms with E-state index in [1.165, 1.54) is 0 Å². The van der Waals surface area contributed by atoms with Crippen LogP contribution < -0.4 is 5.73 Å². The van der Waals surface area contributed by atoms with Gasteiger partial charge in [-0.25, -0.2) is 0 Å². The Morgan fingerprint density at radius 1 is 1.50 bits per heavy atom. The van der Waals surface area contributed by atoms with Gasteiger partial charge in [0.25, 0.3) is 0 Å². The van der Waals surface area contributed by atoms with Crippen molar-refractivity contribution < 1.29 is 0 Å². The average molecular weight is 200 g/mol. The molecule has 0 fully saturated rings. The molecule has 0 aromatic heterocycles. The van der Waals surface area contributed by atoms with Crippen molar-refractivity contribution in [2.24, 2.45) is 0 Å². The van der Waals surface area contributed by atoms with Crippen molar-refractivity contribution >= 4 is 36.0 Å². The third-order valence-corrected chi connectivity index (χ3v) is 1.90. The lowest BCUT2D eigenvalue weighted by atomic mass is 10.2. The molecule has 1 aromatic carbocycles. The fraction of sp³-hybridized carbons (Fsp3) is 0.111. The van der Waals surface area contributed by atoms with Gasteiger partial charge in [-0.3, -0.25) is 0 Å². The predicted molar refractivity (Wildman–Crippen MR) is 58.8 cm³/mol. The van der Waals surface area contributed by atoms with Gasteiger partial charge >= 0.3 is 0 Å². The molecule has 0 unspecified atom stereocenters. The first-order chi connectivity index (χ1) is 5.74. The summed E-state index contributed by atoms with van der Waals surface area (Å²) in [7, 11) is 0. The third kappa shape index (κ3) is 2.47. The predicted octanol–water partition coefficient (Wildman–Crippen LogP) is 2.87. The van der Waals surface area contributed by atoms with E-state index in [0.29, 0.717) is 16.5 Å². The number of nitrogen functional groups attached to an aromatic ring is 1. The molecule has 0 spiro atoms. The van der Waals surface area contributed by atoms with Gasteiger partial charge < -0.3 is 5.73 Å². The first-order valence-electron chi connectivity index (χ1n) is 3.56. The topological polar surface area (TPSA) is 26.0 Å². The van der Waals surface area contributed by atoms with Crippen LogP contribution >= 0.6 is 24.2 Å². The lowest BCUT2D eigenvalue weighted by Gasteiger charge is -1.99. The van der Waals surface area contributed by atoms with Gasteiger partial charge in [-0.15, -0.1) is 0 Å². The molecule has 12 heavy (non-hydrogen) atoms. The maximum atomic E-state index is 5.73. The van der Waals surface area contributed by atoms with Crippen molar-refractivity contribution in [1.82, 2.24) is 0 Å². The molecule has 0 aliphatic carbocycles. The quantitative estimate of drug-likeness (QED) is 0.556. The van der Waals surface area contributed by atoms with Gasteiger partial charge in [0, 0.05) is 16.5 Å². The second kappa shape index (κ2) is 4.43. The minimum absolute atomic E-state index is 0.663. The van der Waals surface area contributed by atoms with Crippen LogP contribution in [-0.2, 0) is 0 Å². The van der Waals surface area contributed by atoms with Crippen LogP contribution in [0.3, 0.4) is 0 Å². The first kappa shape index (κ1) is 9.49. The Hall–Kier alpha value is -0.600. The summed E-state index contributed by atoms with van der Waals surface area (Å²) >= 11 is 9.78. The minimum atomic E-state index is 0.663. The highest BCUT2D eigenvalue weighted by Gasteiger charge is 1.94. The summed E-state index contributed by atoms with van der Waals surface area (Å²) in [5.74, 6) is 0.710. The van der Waals surface area contributed by atoms with Crippen LogP contribution in [0.2, 0.25) is 5.02 Å². The van der Waals surface area contributed by atoms with Crippen LogP contribution in [0, 0.1) is 0 Å². The molecule has 0 saturated heterocycles. The molecule has 1 aromatic rings. The SMILES string of the molecule is Nc1cc(Cl)ccc1C=CCS. The van der Waals surface area contributed by atoms with Crippen LogP contribution in [0.25, 0.3) is 6.08 Å². The Kier molecular flexibility index (Phi) is 3.50. The molecule has 0 aliphatic heterocycles. The third-order valence-electron chi connectivity index (χ3n) is 1.45. The Bertz CT molecular complexity index is 297. The fourth-order valence-corrected chi connectivity index (χ4v) is 1.16. The number of thiol groups is 1. The van der Waals surface area contributed by atoms with Gasteiger partial charge in [0.05, 0.1) is 0 Å². The zero-order valence-corrected chi connectivity index (χ0v) is 8.15. The summed E-state index contributed by atoms with van der Waals surface area (Å²) in [6.45, 7) is 0. The molecular formula is C9H10ClNS. The van der Waals surface area contributed by atoms with Crippen LogP contribution in [0.1, 0.15) is 5.56 Å². The number of hydrogen-bond donors (Lipinski definition) is 2. The number of anilines is 1. The number of halogens is 1. The summed E-state index contributed by atoms with van der Waals surface area (Å²) < 4.78 is 0. The molecule has 0 saturated carbocycles. The maximum Gasteiger partial charge on any atom is 0.0426 e. The molecule has 1 rings (SSSR count). The molecule has 0 heterocycles. The second-order valence-corrected chi connectivity index (χ2v) is 3.16. The van der Waals surface area contributed by atoms with Crippen LogP contribution in [-0.4, -0.2) is 5.75 Å². The summed E-state index contributed by atoms with van der Waals surface area (Å²) in [6.07, 6.45) is 3.86.